The minimum absolute atomic E-state index is 0.0362. The molecule has 0 unspecified atom stereocenters. The number of nitrogens with zero attached hydrogens (tertiary/aromatic N) is 2. The quantitative estimate of drug-likeness (QED) is 0.500. The molecule has 0 aliphatic carbocycles. The third-order valence-electron chi connectivity index (χ3n) is 7.34. The molecule has 2 saturated heterocycles. The van der Waals surface area contributed by atoms with Crippen molar-refractivity contribution in [1.82, 2.24) is 8.61 Å². The molecule has 2 aliphatic rings. The number of ether oxygens (including phenoxy) is 1. The summed E-state index contributed by atoms with van der Waals surface area (Å²) < 4.78 is 61.8. The van der Waals surface area contributed by atoms with E-state index in [9.17, 15) is 21.6 Å². The number of piperidine rings is 1. The molecule has 0 radical (unpaired) electrons. The molecule has 1 atom stereocenters. The average Bonchev–Trinajstić information content (AvgIpc) is 3.39. The molecule has 2 aliphatic heterocycles. The van der Waals surface area contributed by atoms with Crippen molar-refractivity contribution in [3.8, 4) is 0 Å². The Morgan fingerprint density at radius 1 is 0.974 bits per heavy atom. The summed E-state index contributed by atoms with van der Waals surface area (Å²) in [7, 11) is -7.81. The number of hydrogen-bond acceptors (Lipinski definition) is 6. The Bertz CT molecular complexity index is 1330. The lowest BCUT2D eigenvalue weighted by Crippen LogP contribution is -2.42. The molecular weight excluding hydrogens is 526 g/mol. The second-order valence-electron chi connectivity index (χ2n) is 10.3. The van der Waals surface area contributed by atoms with Gasteiger partial charge in [0.2, 0.25) is 26.0 Å². The Morgan fingerprint density at radius 2 is 1.58 bits per heavy atom. The van der Waals surface area contributed by atoms with E-state index < -0.39 is 26.0 Å². The molecule has 4 rings (SSSR count). The van der Waals surface area contributed by atoms with Crippen molar-refractivity contribution in [2.45, 2.75) is 62.3 Å². The first kappa shape index (κ1) is 28.7. The van der Waals surface area contributed by atoms with Gasteiger partial charge in [-0.2, -0.15) is 8.61 Å². The topological polar surface area (TPSA) is 113 Å². The summed E-state index contributed by atoms with van der Waals surface area (Å²) in [6, 6.07) is 10.9. The van der Waals surface area contributed by atoms with Crippen molar-refractivity contribution < 1.29 is 26.4 Å². The van der Waals surface area contributed by atoms with Crippen molar-refractivity contribution in [3.63, 3.8) is 0 Å². The summed E-state index contributed by atoms with van der Waals surface area (Å²) in [5.74, 6) is 0.0261. The highest BCUT2D eigenvalue weighted by molar-refractivity contribution is 7.89. The molecule has 0 bridgehead atoms. The Hall–Kier alpha value is -2.31. The minimum Gasteiger partial charge on any atom is -0.377 e. The maximum atomic E-state index is 13.7. The van der Waals surface area contributed by atoms with Gasteiger partial charge in [-0.15, -0.1) is 0 Å². The van der Waals surface area contributed by atoms with Gasteiger partial charge in [0.05, 0.1) is 22.4 Å². The Labute approximate surface area is 226 Å². The normalized spacial score (nSPS) is 19.6. The van der Waals surface area contributed by atoms with Crippen LogP contribution in [0.15, 0.2) is 52.3 Å². The SMILES string of the molecule is Cc1cccc(C)c1NC(=O)CN(C[C@H]1CCCO1)S(=O)(=O)c1ccc(S(=O)(=O)N2CCC(C)CC2)cc1. The first-order valence-electron chi connectivity index (χ1n) is 13.1. The highest BCUT2D eigenvalue weighted by Crippen LogP contribution is 2.26. The Balaban J connectivity index is 1.55. The number of aryl methyl sites for hydroxylation is 2. The molecule has 2 aromatic carbocycles. The Kier molecular flexibility index (Phi) is 8.93. The lowest BCUT2D eigenvalue weighted by Gasteiger charge is -2.29. The predicted molar refractivity (Wildman–Crippen MR) is 146 cm³/mol. The standard InChI is InChI=1S/C27H37N3O6S2/c1-20-13-15-29(16-14-20)37(32,33)24-9-11-25(12-10-24)38(34,35)30(18-23-8-5-17-36-23)19-26(31)28-27-21(2)6-4-7-22(27)3/h4,6-7,9-12,20,23H,5,8,13-19H2,1-3H3,(H,28,31)/t23-/m1/s1. The molecule has 11 heteroatoms. The van der Waals surface area contributed by atoms with Gasteiger partial charge in [-0.25, -0.2) is 16.8 Å². The second-order valence-corrected chi connectivity index (χ2v) is 14.2. The van der Waals surface area contributed by atoms with Crippen LogP contribution in [0.4, 0.5) is 5.69 Å². The van der Waals surface area contributed by atoms with Gasteiger partial charge >= 0.3 is 0 Å². The fraction of sp³-hybridized carbons (Fsp3) is 0.519. The van der Waals surface area contributed by atoms with Crippen LogP contribution in [0.2, 0.25) is 0 Å². The summed E-state index contributed by atoms with van der Waals surface area (Å²) in [6.45, 7) is 6.97. The van der Waals surface area contributed by atoms with Gasteiger partial charge < -0.3 is 10.1 Å². The van der Waals surface area contributed by atoms with Crippen LogP contribution in [0.5, 0.6) is 0 Å². The van der Waals surface area contributed by atoms with Crippen LogP contribution < -0.4 is 5.32 Å². The first-order valence-corrected chi connectivity index (χ1v) is 15.9. The van der Waals surface area contributed by atoms with Crippen LogP contribution in [-0.4, -0.2) is 70.2 Å². The van der Waals surface area contributed by atoms with Gasteiger partial charge in [-0.3, -0.25) is 4.79 Å². The van der Waals surface area contributed by atoms with Crippen molar-refractivity contribution in [3.05, 3.63) is 53.6 Å². The number of carbonyl (C=O) groups excluding carboxylic acids is 1. The zero-order valence-electron chi connectivity index (χ0n) is 22.2. The minimum atomic E-state index is -4.11. The number of rotatable bonds is 9. The fourth-order valence-corrected chi connectivity index (χ4v) is 7.82. The number of nitrogens with one attached hydrogen (secondary N) is 1. The van der Waals surface area contributed by atoms with E-state index in [0.717, 1.165) is 34.7 Å². The molecule has 1 amide bonds. The first-order chi connectivity index (χ1) is 18.0. The maximum Gasteiger partial charge on any atom is 0.243 e. The Morgan fingerprint density at radius 3 is 2.16 bits per heavy atom. The van der Waals surface area contributed by atoms with E-state index in [1.54, 1.807) is 0 Å². The highest BCUT2D eigenvalue weighted by Gasteiger charge is 2.32. The highest BCUT2D eigenvalue weighted by atomic mass is 32.2. The molecule has 208 valence electrons. The van der Waals surface area contributed by atoms with Gasteiger partial charge in [0.25, 0.3) is 0 Å². The largest absolute Gasteiger partial charge is 0.377 e. The third kappa shape index (κ3) is 6.45. The summed E-state index contributed by atoms with van der Waals surface area (Å²) in [4.78, 5) is 13.0. The lowest BCUT2D eigenvalue weighted by atomic mass is 10.0. The fourth-order valence-electron chi connectivity index (χ4n) is 4.92. The zero-order chi connectivity index (χ0) is 27.5. The summed E-state index contributed by atoms with van der Waals surface area (Å²) in [6.07, 6.45) is 2.83. The second kappa shape index (κ2) is 11.8. The number of para-hydroxylation sites is 1. The molecule has 1 N–H and O–H groups in total. The van der Waals surface area contributed by atoms with E-state index in [4.69, 9.17) is 4.74 Å². The molecule has 0 saturated carbocycles. The number of amides is 1. The summed E-state index contributed by atoms with van der Waals surface area (Å²) in [5, 5.41) is 2.86. The predicted octanol–water partition coefficient (Wildman–Crippen LogP) is 3.53. The number of benzene rings is 2. The number of carbonyl (C=O) groups is 1. The van der Waals surface area contributed by atoms with Gasteiger partial charge in [0.15, 0.2) is 0 Å². The maximum absolute atomic E-state index is 13.7. The third-order valence-corrected chi connectivity index (χ3v) is 11.1. The van der Waals surface area contributed by atoms with E-state index in [1.807, 2.05) is 32.0 Å². The van der Waals surface area contributed by atoms with Crippen LogP contribution >= 0.6 is 0 Å². The van der Waals surface area contributed by atoms with Gasteiger partial charge in [0.1, 0.15) is 0 Å². The van der Waals surface area contributed by atoms with Crippen molar-refractivity contribution in [2.75, 3.05) is 38.1 Å². The van der Waals surface area contributed by atoms with E-state index in [2.05, 4.69) is 12.2 Å². The van der Waals surface area contributed by atoms with E-state index in [0.29, 0.717) is 37.7 Å². The van der Waals surface area contributed by atoms with Crippen LogP contribution in [-0.2, 0) is 29.6 Å². The van der Waals surface area contributed by atoms with Crippen LogP contribution in [0.25, 0.3) is 0 Å². The van der Waals surface area contributed by atoms with Crippen molar-refractivity contribution in [2.24, 2.45) is 5.92 Å². The molecular formula is C27H37N3O6S2. The number of hydrogen-bond donors (Lipinski definition) is 1. The molecule has 0 aromatic heterocycles. The average molecular weight is 564 g/mol. The van der Waals surface area contributed by atoms with Crippen LogP contribution in [0.1, 0.15) is 43.7 Å². The smallest absolute Gasteiger partial charge is 0.243 e. The van der Waals surface area contributed by atoms with Crippen LogP contribution in [0.3, 0.4) is 0 Å². The zero-order valence-corrected chi connectivity index (χ0v) is 23.9. The van der Waals surface area contributed by atoms with Crippen molar-refractivity contribution in [1.29, 1.82) is 0 Å². The lowest BCUT2D eigenvalue weighted by molar-refractivity contribution is -0.116. The molecule has 0 spiro atoms. The van der Waals surface area contributed by atoms with Gasteiger partial charge in [0, 0.05) is 31.9 Å². The summed E-state index contributed by atoms with van der Waals surface area (Å²) in [5.41, 5.74) is 2.42. The number of sulfonamides is 2. The van der Waals surface area contributed by atoms with Gasteiger partial charge in [-0.05, 0) is 80.8 Å². The van der Waals surface area contributed by atoms with Gasteiger partial charge in [-0.1, -0.05) is 25.1 Å². The van der Waals surface area contributed by atoms with E-state index >= 15 is 0 Å². The van der Waals surface area contributed by atoms with E-state index in [-0.39, 0.29) is 29.0 Å². The number of anilines is 1. The van der Waals surface area contributed by atoms with Crippen LogP contribution in [0, 0.1) is 19.8 Å². The molecule has 9 nitrogen and oxygen atoms in total. The molecule has 38 heavy (non-hydrogen) atoms. The summed E-state index contributed by atoms with van der Waals surface area (Å²) >= 11 is 0. The van der Waals surface area contributed by atoms with Crippen molar-refractivity contribution >= 4 is 31.6 Å². The molecule has 2 fully saturated rings. The monoisotopic (exact) mass is 563 g/mol. The molecule has 2 heterocycles. The van der Waals surface area contributed by atoms with E-state index in [1.165, 1.54) is 28.6 Å². The molecule has 2 aromatic rings.